The fourth-order valence-electron chi connectivity index (χ4n) is 3.93. The lowest BCUT2D eigenvalue weighted by Crippen LogP contribution is -2.32. The van der Waals surface area contributed by atoms with E-state index in [1.807, 2.05) is 29.8 Å². The molecule has 2 aromatic heterocycles. The van der Waals surface area contributed by atoms with Gasteiger partial charge in [0, 0.05) is 30.2 Å². The monoisotopic (exact) mass is 429 g/mol. The minimum Gasteiger partial charge on any atom is -0.467 e. The highest BCUT2D eigenvalue weighted by molar-refractivity contribution is 7.89. The Morgan fingerprint density at radius 3 is 2.60 bits per heavy atom. The number of carbonyl (C=O) groups excluding carboxylic acids is 1. The van der Waals surface area contributed by atoms with Crippen LogP contribution in [-0.4, -0.2) is 36.3 Å². The van der Waals surface area contributed by atoms with Gasteiger partial charge in [0.1, 0.15) is 11.8 Å². The molecule has 1 N–H and O–H groups in total. The molecule has 3 aromatic rings. The molecule has 1 aromatic carbocycles. The summed E-state index contributed by atoms with van der Waals surface area (Å²) in [6, 6.07) is 10.1. The van der Waals surface area contributed by atoms with Gasteiger partial charge in [0.05, 0.1) is 17.7 Å². The number of hydrogen-bond donors (Lipinski definition) is 1. The lowest BCUT2D eigenvalue weighted by Gasteiger charge is -2.20. The third-order valence-corrected chi connectivity index (χ3v) is 7.60. The molecule has 160 valence electrons. The van der Waals surface area contributed by atoms with Crippen LogP contribution < -0.4 is 5.32 Å². The number of nitrogens with one attached hydrogen (secondary N) is 1. The summed E-state index contributed by atoms with van der Waals surface area (Å²) in [6.07, 6.45) is 7.36. The lowest BCUT2D eigenvalue weighted by atomic mass is 10.2. The van der Waals surface area contributed by atoms with Crippen LogP contribution in [0, 0.1) is 0 Å². The molecular formula is C22H27N3O4S. The van der Waals surface area contributed by atoms with Crippen LogP contribution >= 0.6 is 0 Å². The highest BCUT2D eigenvalue weighted by Crippen LogP contribution is 2.26. The molecule has 0 saturated carbocycles. The second kappa shape index (κ2) is 8.65. The van der Waals surface area contributed by atoms with E-state index in [4.69, 9.17) is 4.42 Å². The van der Waals surface area contributed by atoms with Crippen LogP contribution in [-0.2, 0) is 21.4 Å². The fraction of sp³-hybridized carbons (Fsp3) is 0.409. The predicted molar refractivity (Wildman–Crippen MR) is 114 cm³/mol. The van der Waals surface area contributed by atoms with Crippen molar-refractivity contribution in [1.82, 2.24) is 14.2 Å². The van der Waals surface area contributed by atoms with E-state index in [2.05, 4.69) is 5.32 Å². The molecule has 1 fully saturated rings. The zero-order chi connectivity index (χ0) is 21.1. The highest BCUT2D eigenvalue weighted by atomic mass is 32.2. The zero-order valence-corrected chi connectivity index (χ0v) is 17.9. The molecular weight excluding hydrogens is 402 g/mol. The fourth-order valence-corrected chi connectivity index (χ4v) is 5.49. The number of carbonyl (C=O) groups is 1. The SMILES string of the molecule is CC(C(=O)NCc1ccco1)n1ccc2cc(S(=O)(=O)N3CCCCCC3)ccc21. The van der Waals surface area contributed by atoms with Gasteiger partial charge < -0.3 is 14.3 Å². The Morgan fingerprint density at radius 2 is 1.90 bits per heavy atom. The molecule has 0 spiro atoms. The topological polar surface area (TPSA) is 84.5 Å². The summed E-state index contributed by atoms with van der Waals surface area (Å²) >= 11 is 0. The van der Waals surface area contributed by atoms with Crippen molar-refractivity contribution in [1.29, 1.82) is 0 Å². The maximum absolute atomic E-state index is 13.1. The van der Waals surface area contributed by atoms with E-state index in [0.29, 0.717) is 30.3 Å². The van der Waals surface area contributed by atoms with Crippen LogP contribution in [0.4, 0.5) is 0 Å². The Kier molecular flexibility index (Phi) is 5.97. The Hall–Kier alpha value is -2.58. The molecule has 8 heteroatoms. The van der Waals surface area contributed by atoms with Gasteiger partial charge in [-0.15, -0.1) is 0 Å². The van der Waals surface area contributed by atoms with Gasteiger partial charge in [0.25, 0.3) is 0 Å². The van der Waals surface area contributed by atoms with E-state index in [9.17, 15) is 13.2 Å². The van der Waals surface area contributed by atoms with Crippen molar-refractivity contribution in [3.8, 4) is 0 Å². The maximum Gasteiger partial charge on any atom is 0.243 e. The summed E-state index contributed by atoms with van der Waals surface area (Å²) in [7, 11) is -3.50. The number of sulfonamides is 1. The summed E-state index contributed by atoms with van der Waals surface area (Å²) in [5.41, 5.74) is 0.825. The molecule has 1 amide bonds. The Balaban J connectivity index is 1.53. The molecule has 7 nitrogen and oxygen atoms in total. The number of benzene rings is 1. The number of fused-ring (bicyclic) bond motifs is 1. The minimum atomic E-state index is -3.50. The van der Waals surface area contributed by atoms with Crippen molar-refractivity contribution in [2.45, 2.75) is 50.1 Å². The number of furan rings is 1. The van der Waals surface area contributed by atoms with Crippen molar-refractivity contribution in [3.05, 3.63) is 54.6 Å². The zero-order valence-electron chi connectivity index (χ0n) is 17.1. The normalized spacial score (nSPS) is 17.0. The van der Waals surface area contributed by atoms with Crippen LogP contribution in [0.25, 0.3) is 10.9 Å². The van der Waals surface area contributed by atoms with Crippen LogP contribution in [0.1, 0.15) is 44.4 Å². The summed E-state index contributed by atoms with van der Waals surface area (Å²) in [5.74, 6) is 0.557. The minimum absolute atomic E-state index is 0.134. The van der Waals surface area contributed by atoms with Gasteiger partial charge in [-0.1, -0.05) is 12.8 Å². The van der Waals surface area contributed by atoms with Gasteiger partial charge in [-0.25, -0.2) is 8.42 Å². The number of amides is 1. The van der Waals surface area contributed by atoms with Gasteiger partial charge in [-0.2, -0.15) is 4.31 Å². The van der Waals surface area contributed by atoms with Crippen molar-refractivity contribution in [3.63, 3.8) is 0 Å². The van der Waals surface area contributed by atoms with Crippen molar-refractivity contribution in [2.75, 3.05) is 13.1 Å². The summed E-state index contributed by atoms with van der Waals surface area (Å²) in [6.45, 7) is 3.30. The first-order chi connectivity index (χ1) is 14.5. The second-order valence-corrected chi connectivity index (χ2v) is 9.67. The number of nitrogens with zero attached hydrogens (tertiary/aromatic N) is 2. The molecule has 4 rings (SSSR count). The third-order valence-electron chi connectivity index (χ3n) is 5.71. The smallest absolute Gasteiger partial charge is 0.243 e. The third kappa shape index (κ3) is 4.15. The van der Waals surface area contributed by atoms with Crippen LogP contribution in [0.3, 0.4) is 0 Å². The first kappa shape index (κ1) is 20.7. The molecule has 1 saturated heterocycles. The largest absolute Gasteiger partial charge is 0.467 e. The van der Waals surface area contributed by atoms with Crippen LogP contribution in [0.15, 0.2) is 58.2 Å². The molecule has 1 aliphatic rings. The Bertz CT molecular complexity index is 1110. The summed E-state index contributed by atoms with van der Waals surface area (Å²) in [4.78, 5) is 12.9. The van der Waals surface area contributed by atoms with Gasteiger partial charge in [0.15, 0.2) is 0 Å². The van der Waals surface area contributed by atoms with Crippen molar-refractivity contribution >= 4 is 26.8 Å². The molecule has 1 aliphatic heterocycles. The lowest BCUT2D eigenvalue weighted by molar-refractivity contribution is -0.124. The number of rotatable bonds is 6. The van der Waals surface area contributed by atoms with E-state index < -0.39 is 16.1 Å². The standard InChI is InChI=1S/C22H27N3O4S/c1-17(22(26)23-16-19-7-6-14-29-19)25-13-10-18-15-20(8-9-21(18)25)30(27,28)24-11-4-2-3-5-12-24/h6-10,13-15,17H,2-5,11-12,16H2,1H3,(H,23,26). The molecule has 1 atom stereocenters. The van der Waals surface area contributed by atoms with Crippen molar-refractivity contribution < 1.29 is 17.6 Å². The second-order valence-electron chi connectivity index (χ2n) is 7.74. The molecule has 0 bridgehead atoms. The average molecular weight is 430 g/mol. The average Bonchev–Trinajstić information content (AvgIpc) is 3.33. The van der Waals surface area contributed by atoms with Gasteiger partial charge >= 0.3 is 0 Å². The van der Waals surface area contributed by atoms with Gasteiger partial charge in [-0.3, -0.25) is 4.79 Å². The quantitative estimate of drug-likeness (QED) is 0.648. The maximum atomic E-state index is 13.1. The van der Waals surface area contributed by atoms with Gasteiger partial charge in [0.2, 0.25) is 15.9 Å². The Labute approximate surface area is 176 Å². The first-order valence-corrected chi connectivity index (χ1v) is 11.8. The van der Waals surface area contributed by atoms with E-state index in [0.717, 1.165) is 36.6 Å². The molecule has 3 heterocycles. The first-order valence-electron chi connectivity index (χ1n) is 10.4. The van der Waals surface area contributed by atoms with E-state index >= 15 is 0 Å². The van der Waals surface area contributed by atoms with Crippen LogP contribution in [0.2, 0.25) is 0 Å². The molecule has 1 unspecified atom stereocenters. The predicted octanol–water partition coefficient (Wildman–Crippen LogP) is 3.68. The summed E-state index contributed by atoms with van der Waals surface area (Å²) < 4.78 is 34.9. The highest BCUT2D eigenvalue weighted by Gasteiger charge is 2.26. The summed E-state index contributed by atoms with van der Waals surface area (Å²) in [5, 5.41) is 3.67. The van der Waals surface area contributed by atoms with Gasteiger partial charge in [-0.05, 0) is 56.2 Å². The number of aromatic nitrogens is 1. The van der Waals surface area contributed by atoms with E-state index in [1.165, 1.54) is 0 Å². The molecule has 30 heavy (non-hydrogen) atoms. The Morgan fingerprint density at radius 1 is 1.13 bits per heavy atom. The van der Waals surface area contributed by atoms with E-state index in [-0.39, 0.29) is 5.91 Å². The molecule has 0 radical (unpaired) electrons. The molecule has 0 aliphatic carbocycles. The van der Waals surface area contributed by atoms with E-state index in [1.54, 1.807) is 34.8 Å². The van der Waals surface area contributed by atoms with Crippen LogP contribution in [0.5, 0.6) is 0 Å². The number of hydrogen-bond acceptors (Lipinski definition) is 4. The van der Waals surface area contributed by atoms with Crippen molar-refractivity contribution in [2.24, 2.45) is 0 Å².